The summed E-state index contributed by atoms with van der Waals surface area (Å²) < 4.78 is 0. The summed E-state index contributed by atoms with van der Waals surface area (Å²) in [5.41, 5.74) is 16.6. The molecule has 18 nitrogen and oxygen atoms in total. The molecule has 278 valence electrons. The summed E-state index contributed by atoms with van der Waals surface area (Å²) in [6, 6.07) is -7.45. The highest BCUT2D eigenvalue weighted by Gasteiger charge is 2.40. The fourth-order valence-electron chi connectivity index (χ4n) is 5.40. The van der Waals surface area contributed by atoms with E-state index in [4.69, 9.17) is 22.3 Å². The van der Waals surface area contributed by atoms with Crippen molar-refractivity contribution in [2.75, 3.05) is 13.1 Å². The average molecular weight is 699 g/mol. The van der Waals surface area contributed by atoms with E-state index in [2.05, 4.69) is 21.3 Å². The van der Waals surface area contributed by atoms with Crippen molar-refractivity contribution < 1.29 is 48.6 Å². The van der Waals surface area contributed by atoms with Crippen molar-refractivity contribution in [2.45, 2.75) is 122 Å². The number of carbonyl (C=O) groups excluding carboxylic acids is 6. The van der Waals surface area contributed by atoms with Gasteiger partial charge in [0, 0.05) is 6.54 Å². The summed E-state index contributed by atoms with van der Waals surface area (Å²) in [4.78, 5) is 102. The highest BCUT2D eigenvalue weighted by molar-refractivity contribution is 5.97. The molecule has 12 N–H and O–H groups in total. The molecule has 0 bridgehead atoms. The van der Waals surface area contributed by atoms with Gasteiger partial charge >= 0.3 is 11.9 Å². The van der Waals surface area contributed by atoms with Crippen LogP contribution in [-0.2, 0) is 38.4 Å². The van der Waals surface area contributed by atoms with Crippen LogP contribution in [0.2, 0.25) is 0 Å². The number of carbonyl (C=O) groups is 8. The van der Waals surface area contributed by atoms with Gasteiger partial charge in [-0.1, -0.05) is 34.1 Å². The maximum Gasteiger partial charge on any atom is 0.326 e. The highest BCUT2D eigenvalue weighted by atomic mass is 16.4. The van der Waals surface area contributed by atoms with Crippen LogP contribution in [0, 0.1) is 11.8 Å². The van der Waals surface area contributed by atoms with Gasteiger partial charge in [0.1, 0.15) is 30.2 Å². The SMILES string of the molecule is CC[C@H](C)[C@H](NC(=O)[C@@H](N)CC(N)=O)C(=O)N[C@@H](CCCCN)C(=O)N1CCC[C@H]1C(=O)N[C@@H](CC(C)C)C(=O)N[C@@H](CC(=O)O)C(=O)O. The average Bonchev–Trinajstić information content (AvgIpc) is 3.51. The number of rotatable bonds is 22. The van der Waals surface area contributed by atoms with Crippen LogP contribution in [0.4, 0.5) is 0 Å². The van der Waals surface area contributed by atoms with Gasteiger partial charge in [0.25, 0.3) is 0 Å². The van der Waals surface area contributed by atoms with Crippen molar-refractivity contribution in [3.63, 3.8) is 0 Å². The van der Waals surface area contributed by atoms with Gasteiger partial charge in [-0.25, -0.2) is 4.79 Å². The summed E-state index contributed by atoms with van der Waals surface area (Å²) >= 11 is 0. The lowest BCUT2D eigenvalue weighted by atomic mass is 9.96. The van der Waals surface area contributed by atoms with Crippen LogP contribution in [0.1, 0.15) is 85.5 Å². The minimum atomic E-state index is -1.72. The number of carboxylic acids is 2. The summed E-state index contributed by atoms with van der Waals surface area (Å²) in [5.74, 6) is -7.84. The molecule has 1 rings (SSSR count). The third kappa shape index (κ3) is 14.4. The van der Waals surface area contributed by atoms with Crippen LogP contribution in [0.15, 0.2) is 0 Å². The zero-order chi connectivity index (χ0) is 37.4. The molecular formula is C31H54N8O10. The Morgan fingerprint density at radius 1 is 0.837 bits per heavy atom. The standard InChI is InChI=1S/C31H54N8O10/c1-5-17(4)25(38-26(43)18(33)14-23(34)40)29(46)35-19(9-6-7-11-32)30(47)39-12-8-10-22(39)28(45)36-20(13-16(2)3)27(44)37-21(31(48)49)15-24(41)42/h16-22,25H,5-15,32-33H2,1-4H3,(H2,34,40)(H,35,46)(H,36,45)(H,37,44)(H,38,43)(H,41,42)(H,48,49)/t17-,18-,19-,20-,21-,22-,25-/m0/s1. The molecule has 1 aliphatic rings. The maximum absolute atomic E-state index is 14.0. The fraction of sp³-hybridized carbons (Fsp3) is 0.742. The van der Waals surface area contributed by atoms with Gasteiger partial charge in [-0.15, -0.1) is 0 Å². The van der Waals surface area contributed by atoms with Crippen LogP contribution < -0.4 is 38.5 Å². The Bertz CT molecular complexity index is 1200. The molecule has 1 aliphatic heterocycles. The van der Waals surface area contributed by atoms with E-state index in [1.54, 1.807) is 27.7 Å². The van der Waals surface area contributed by atoms with Crippen LogP contribution in [0.3, 0.4) is 0 Å². The Kier molecular flexibility index (Phi) is 18.2. The summed E-state index contributed by atoms with van der Waals surface area (Å²) in [7, 11) is 0. The number of nitrogens with one attached hydrogen (secondary N) is 4. The fourth-order valence-corrected chi connectivity index (χ4v) is 5.40. The summed E-state index contributed by atoms with van der Waals surface area (Å²) in [6.07, 6.45) is 1.14. The first kappa shape index (κ1) is 42.7. The number of primary amides is 1. The lowest BCUT2D eigenvalue weighted by molar-refractivity contribution is -0.147. The van der Waals surface area contributed by atoms with Gasteiger partial charge in [0.05, 0.1) is 18.9 Å². The largest absolute Gasteiger partial charge is 0.481 e. The molecular weight excluding hydrogens is 644 g/mol. The van der Waals surface area contributed by atoms with Crippen molar-refractivity contribution >= 4 is 47.4 Å². The Morgan fingerprint density at radius 3 is 2.00 bits per heavy atom. The first-order valence-corrected chi connectivity index (χ1v) is 16.6. The third-order valence-electron chi connectivity index (χ3n) is 8.28. The minimum Gasteiger partial charge on any atom is -0.481 e. The molecule has 6 amide bonds. The first-order chi connectivity index (χ1) is 22.9. The number of likely N-dealkylation sites (tertiary alicyclic amines) is 1. The van der Waals surface area contributed by atoms with E-state index in [-0.39, 0.29) is 31.7 Å². The maximum atomic E-state index is 14.0. The van der Waals surface area contributed by atoms with E-state index in [9.17, 15) is 43.5 Å². The lowest BCUT2D eigenvalue weighted by Gasteiger charge is -2.32. The first-order valence-electron chi connectivity index (χ1n) is 16.6. The van der Waals surface area contributed by atoms with Gasteiger partial charge in [-0.3, -0.25) is 33.6 Å². The number of aliphatic carboxylic acids is 2. The quantitative estimate of drug-likeness (QED) is 0.0549. The van der Waals surface area contributed by atoms with Crippen LogP contribution in [0.5, 0.6) is 0 Å². The van der Waals surface area contributed by atoms with Gasteiger partial charge in [0.15, 0.2) is 0 Å². The second-order valence-electron chi connectivity index (χ2n) is 12.9. The van der Waals surface area contributed by atoms with Crippen molar-refractivity contribution in [1.82, 2.24) is 26.2 Å². The molecule has 0 radical (unpaired) electrons. The highest BCUT2D eigenvalue weighted by Crippen LogP contribution is 2.21. The Labute approximate surface area is 286 Å². The monoisotopic (exact) mass is 698 g/mol. The molecule has 7 atom stereocenters. The third-order valence-corrected chi connectivity index (χ3v) is 8.28. The summed E-state index contributed by atoms with van der Waals surface area (Å²) in [6.45, 7) is 7.59. The smallest absolute Gasteiger partial charge is 0.326 e. The number of hydrogen-bond donors (Lipinski definition) is 9. The number of hydrogen-bond acceptors (Lipinski definition) is 10. The predicted molar refractivity (Wildman–Crippen MR) is 176 cm³/mol. The topological polar surface area (TPSA) is 306 Å². The van der Waals surface area contributed by atoms with E-state index >= 15 is 0 Å². The van der Waals surface area contributed by atoms with E-state index in [1.165, 1.54) is 4.90 Å². The molecule has 49 heavy (non-hydrogen) atoms. The van der Waals surface area contributed by atoms with Gasteiger partial charge in [-0.2, -0.15) is 0 Å². The molecule has 0 aromatic rings. The van der Waals surface area contributed by atoms with Crippen LogP contribution >= 0.6 is 0 Å². The zero-order valence-corrected chi connectivity index (χ0v) is 28.7. The zero-order valence-electron chi connectivity index (χ0n) is 28.7. The van der Waals surface area contributed by atoms with Crippen molar-refractivity contribution in [3.05, 3.63) is 0 Å². The van der Waals surface area contributed by atoms with E-state index in [1.807, 2.05) is 0 Å². The van der Waals surface area contributed by atoms with E-state index in [0.29, 0.717) is 32.2 Å². The van der Waals surface area contributed by atoms with E-state index < -0.39 is 102 Å². The molecule has 0 aliphatic carbocycles. The van der Waals surface area contributed by atoms with Gasteiger partial charge in [0.2, 0.25) is 35.4 Å². The van der Waals surface area contributed by atoms with Gasteiger partial charge < -0.3 is 53.6 Å². The molecule has 0 aromatic heterocycles. The predicted octanol–water partition coefficient (Wildman–Crippen LogP) is -2.10. The number of carboxylic acid groups (broad SMARTS) is 2. The number of amides is 6. The molecule has 18 heteroatoms. The summed E-state index contributed by atoms with van der Waals surface area (Å²) in [5, 5.41) is 28.5. The number of nitrogens with two attached hydrogens (primary N) is 3. The molecule has 0 unspecified atom stereocenters. The minimum absolute atomic E-state index is 0.0985. The lowest BCUT2D eigenvalue weighted by Crippen LogP contribution is -2.60. The van der Waals surface area contributed by atoms with Gasteiger partial charge in [-0.05, 0) is 56.9 Å². The molecule has 0 spiro atoms. The molecule has 1 fully saturated rings. The normalized spacial score (nSPS) is 17.9. The molecule has 1 saturated heterocycles. The van der Waals surface area contributed by atoms with Crippen molar-refractivity contribution in [2.24, 2.45) is 29.0 Å². The van der Waals surface area contributed by atoms with Crippen molar-refractivity contribution in [1.29, 1.82) is 0 Å². The molecule has 0 aromatic carbocycles. The second-order valence-corrected chi connectivity index (χ2v) is 12.9. The Balaban J connectivity index is 3.23. The Hall–Kier alpha value is -4.32. The second kappa shape index (κ2) is 20.9. The molecule has 0 saturated carbocycles. The number of unbranched alkanes of at least 4 members (excludes halogenated alkanes) is 1. The van der Waals surface area contributed by atoms with E-state index in [0.717, 1.165) is 0 Å². The Morgan fingerprint density at radius 2 is 1.47 bits per heavy atom. The molecule has 1 heterocycles. The number of nitrogens with zero attached hydrogens (tertiary/aromatic N) is 1. The van der Waals surface area contributed by atoms with Crippen LogP contribution in [-0.4, -0.2) is 112 Å². The van der Waals surface area contributed by atoms with Crippen molar-refractivity contribution in [3.8, 4) is 0 Å². The van der Waals surface area contributed by atoms with Crippen LogP contribution in [0.25, 0.3) is 0 Å².